The van der Waals surface area contributed by atoms with Crippen molar-refractivity contribution < 1.29 is 27.5 Å². The van der Waals surface area contributed by atoms with Crippen LogP contribution < -0.4 is 5.32 Å². The number of carbonyl (C=O) groups is 3. The zero-order valence-electron chi connectivity index (χ0n) is 18.7. The Morgan fingerprint density at radius 1 is 1.03 bits per heavy atom. The maximum Gasteiger partial charge on any atom is 0.338 e. The van der Waals surface area contributed by atoms with Gasteiger partial charge in [-0.2, -0.15) is 4.31 Å². The number of ketones is 1. The molecule has 33 heavy (non-hydrogen) atoms. The summed E-state index contributed by atoms with van der Waals surface area (Å²) in [6, 6.07) is 12.5. The molecule has 1 N–H and O–H groups in total. The molecule has 176 valence electrons. The third kappa shape index (κ3) is 6.06. The SMILES string of the molecule is CCCOC(=O)c1ccc(NC(=O)C2CCN(S(=O)(=O)c3cccc(C(C)=O)c3)CC2)cc1. The Hall–Kier alpha value is -3.04. The van der Waals surface area contributed by atoms with E-state index in [1.165, 1.54) is 23.4 Å². The summed E-state index contributed by atoms with van der Waals surface area (Å²) in [6.45, 7) is 4.09. The van der Waals surface area contributed by atoms with Crippen LogP contribution in [0.3, 0.4) is 0 Å². The van der Waals surface area contributed by atoms with Crippen molar-refractivity contribution in [2.75, 3.05) is 25.0 Å². The molecule has 0 aliphatic carbocycles. The van der Waals surface area contributed by atoms with Crippen molar-refractivity contribution in [2.45, 2.75) is 38.0 Å². The van der Waals surface area contributed by atoms with Crippen LogP contribution in [0.1, 0.15) is 53.8 Å². The average Bonchev–Trinajstić information content (AvgIpc) is 2.83. The number of esters is 1. The number of hydrogen-bond acceptors (Lipinski definition) is 6. The molecule has 1 heterocycles. The molecule has 0 atom stereocenters. The number of sulfonamides is 1. The Morgan fingerprint density at radius 2 is 1.70 bits per heavy atom. The van der Waals surface area contributed by atoms with Gasteiger partial charge in [-0.15, -0.1) is 0 Å². The second-order valence-electron chi connectivity index (χ2n) is 7.96. The highest BCUT2D eigenvalue weighted by Gasteiger charge is 2.32. The standard InChI is InChI=1S/C24H28N2O6S/c1-3-15-32-24(29)19-7-9-21(10-8-19)25-23(28)18-11-13-26(14-12-18)33(30,31)22-6-4-5-20(16-22)17(2)27/h4-10,16,18H,3,11-15H2,1-2H3,(H,25,28). The van der Waals surface area contributed by atoms with E-state index in [-0.39, 0.29) is 35.6 Å². The lowest BCUT2D eigenvalue weighted by molar-refractivity contribution is -0.120. The van der Waals surface area contributed by atoms with Gasteiger partial charge in [0, 0.05) is 30.3 Å². The van der Waals surface area contributed by atoms with E-state index in [9.17, 15) is 22.8 Å². The summed E-state index contributed by atoms with van der Waals surface area (Å²) in [4.78, 5) is 36.2. The van der Waals surface area contributed by atoms with Crippen LogP contribution in [0, 0.1) is 5.92 Å². The lowest BCUT2D eigenvalue weighted by atomic mass is 9.97. The van der Waals surface area contributed by atoms with Crippen LogP contribution in [-0.4, -0.2) is 50.1 Å². The molecule has 0 spiro atoms. The molecule has 0 saturated carbocycles. The number of anilines is 1. The fourth-order valence-corrected chi connectivity index (χ4v) is 5.11. The largest absolute Gasteiger partial charge is 0.462 e. The van der Waals surface area contributed by atoms with Crippen LogP contribution >= 0.6 is 0 Å². The summed E-state index contributed by atoms with van der Waals surface area (Å²) in [5, 5.41) is 2.83. The molecule has 0 bridgehead atoms. The van der Waals surface area contributed by atoms with Crippen LogP contribution in [0.25, 0.3) is 0 Å². The Labute approximate surface area is 194 Å². The van der Waals surface area contributed by atoms with E-state index in [1.54, 1.807) is 36.4 Å². The van der Waals surface area contributed by atoms with Crippen molar-refractivity contribution >= 4 is 33.4 Å². The van der Waals surface area contributed by atoms with Crippen LogP contribution in [-0.2, 0) is 19.6 Å². The summed E-state index contributed by atoms with van der Waals surface area (Å²) in [5.74, 6) is -1.12. The van der Waals surface area contributed by atoms with Gasteiger partial charge in [-0.25, -0.2) is 13.2 Å². The van der Waals surface area contributed by atoms with Crippen molar-refractivity contribution in [3.63, 3.8) is 0 Å². The molecule has 2 aromatic rings. The Bertz CT molecular complexity index is 1120. The van der Waals surface area contributed by atoms with E-state index in [0.29, 0.717) is 36.3 Å². The van der Waals surface area contributed by atoms with Crippen LogP contribution in [0.15, 0.2) is 53.4 Å². The maximum absolute atomic E-state index is 13.0. The molecule has 1 aliphatic heterocycles. The van der Waals surface area contributed by atoms with Gasteiger partial charge >= 0.3 is 5.97 Å². The molecule has 1 amide bonds. The summed E-state index contributed by atoms with van der Waals surface area (Å²) in [7, 11) is -3.74. The third-order valence-corrected chi connectivity index (χ3v) is 7.42. The maximum atomic E-state index is 13.0. The normalized spacial score (nSPS) is 15.1. The van der Waals surface area contributed by atoms with Crippen molar-refractivity contribution in [1.82, 2.24) is 4.31 Å². The molecule has 2 aromatic carbocycles. The van der Waals surface area contributed by atoms with Crippen LogP contribution in [0.2, 0.25) is 0 Å². The summed E-state index contributed by atoms with van der Waals surface area (Å²) in [5.41, 5.74) is 1.31. The second kappa shape index (κ2) is 10.7. The monoisotopic (exact) mass is 472 g/mol. The Balaban J connectivity index is 1.57. The number of carbonyl (C=O) groups excluding carboxylic acids is 3. The number of rotatable bonds is 8. The smallest absolute Gasteiger partial charge is 0.338 e. The number of amides is 1. The van der Waals surface area contributed by atoms with Gasteiger partial charge in [0.15, 0.2) is 5.78 Å². The first-order valence-corrected chi connectivity index (χ1v) is 12.4. The van der Waals surface area contributed by atoms with E-state index >= 15 is 0 Å². The van der Waals surface area contributed by atoms with Crippen molar-refractivity contribution in [1.29, 1.82) is 0 Å². The van der Waals surface area contributed by atoms with Crippen molar-refractivity contribution in [2.24, 2.45) is 5.92 Å². The molecule has 1 aliphatic rings. The van der Waals surface area contributed by atoms with E-state index < -0.39 is 16.0 Å². The number of benzene rings is 2. The van der Waals surface area contributed by atoms with Crippen LogP contribution in [0.5, 0.6) is 0 Å². The lowest BCUT2D eigenvalue weighted by Crippen LogP contribution is -2.41. The molecule has 9 heteroatoms. The molecular formula is C24H28N2O6S. The summed E-state index contributed by atoms with van der Waals surface area (Å²) < 4.78 is 32.4. The minimum Gasteiger partial charge on any atom is -0.462 e. The van der Waals surface area contributed by atoms with Gasteiger partial charge in [-0.3, -0.25) is 9.59 Å². The number of ether oxygens (including phenoxy) is 1. The number of nitrogens with zero attached hydrogens (tertiary/aromatic N) is 1. The van der Waals surface area contributed by atoms with Gasteiger partial charge in [-0.1, -0.05) is 19.1 Å². The van der Waals surface area contributed by atoms with E-state index in [2.05, 4.69) is 5.32 Å². The van der Waals surface area contributed by atoms with E-state index in [1.807, 2.05) is 6.92 Å². The molecule has 1 fully saturated rings. The van der Waals surface area contributed by atoms with Crippen molar-refractivity contribution in [3.05, 3.63) is 59.7 Å². The van der Waals surface area contributed by atoms with Gasteiger partial charge < -0.3 is 10.1 Å². The highest BCUT2D eigenvalue weighted by molar-refractivity contribution is 7.89. The number of piperidine rings is 1. The number of hydrogen-bond donors (Lipinski definition) is 1. The summed E-state index contributed by atoms with van der Waals surface area (Å²) >= 11 is 0. The number of Topliss-reactive ketones (excluding diaryl/α,β-unsaturated/α-hetero) is 1. The van der Waals surface area contributed by atoms with Gasteiger partial charge in [-0.05, 0) is 62.6 Å². The predicted octanol–water partition coefficient (Wildman–Crippen LogP) is 3.50. The Morgan fingerprint density at radius 3 is 2.30 bits per heavy atom. The minimum absolute atomic E-state index is 0.0793. The first-order chi connectivity index (χ1) is 15.7. The van der Waals surface area contributed by atoms with Gasteiger partial charge in [0.2, 0.25) is 15.9 Å². The highest BCUT2D eigenvalue weighted by atomic mass is 32.2. The first kappa shape index (κ1) is 24.6. The van der Waals surface area contributed by atoms with E-state index in [0.717, 1.165) is 6.42 Å². The average molecular weight is 473 g/mol. The molecule has 0 aromatic heterocycles. The molecule has 3 rings (SSSR count). The Kier molecular flexibility index (Phi) is 7.99. The molecule has 0 radical (unpaired) electrons. The molecular weight excluding hydrogens is 444 g/mol. The quantitative estimate of drug-likeness (QED) is 0.465. The zero-order chi connectivity index (χ0) is 24.0. The number of nitrogens with one attached hydrogen (secondary N) is 1. The highest BCUT2D eigenvalue weighted by Crippen LogP contribution is 2.25. The lowest BCUT2D eigenvalue weighted by Gasteiger charge is -2.30. The van der Waals surface area contributed by atoms with Gasteiger partial charge in [0.1, 0.15) is 0 Å². The van der Waals surface area contributed by atoms with E-state index in [4.69, 9.17) is 4.74 Å². The second-order valence-corrected chi connectivity index (χ2v) is 9.90. The third-order valence-electron chi connectivity index (χ3n) is 5.53. The van der Waals surface area contributed by atoms with Crippen molar-refractivity contribution in [3.8, 4) is 0 Å². The van der Waals surface area contributed by atoms with Gasteiger partial charge in [0.25, 0.3) is 0 Å². The molecule has 8 nitrogen and oxygen atoms in total. The fraction of sp³-hybridized carbons (Fsp3) is 0.375. The van der Waals surface area contributed by atoms with Crippen LogP contribution in [0.4, 0.5) is 5.69 Å². The molecule has 0 unspecified atom stereocenters. The summed E-state index contributed by atoms with van der Waals surface area (Å²) in [6.07, 6.45) is 1.52. The first-order valence-electron chi connectivity index (χ1n) is 10.9. The topological polar surface area (TPSA) is 110 Å². The van der Waals surface area contributed by atoms with Gasteiger partial charge in [0.05, 0.1) is 17.1 Å². The zero-order valence-corrected chi connectivity index (χ0v) is 19.6. The fourth-order valence-electron chi connectivity index (χ4n) is 3.60. The minimum atomic E-state index is -3.74. The molecule has 1 saturated heterocycles. The predicted molar refractivity (Wildman–Crippen MR) is 124 cm³/mol.